The van der Waals surface area contributed by atoms with Gasteiger partial charge < -0.3 is 15.4 Å². The third kappa shape index (κ3) is 4.64. The van der Waals surface area contributed by atoms with Crippen molar-refractivity contribution in [1.29, 1.82) is 0 Å². The number of anilines is 2. The lowest BCUT2D eigenvalue weighted by Crippen LogP contribution is -2.21. The number of hydrogen-bond donors (Lipinski definition) is 2. The number of hydrogen-bond acceptors (Lipinski definition) is 5. The van der Waals surface area contributed by atoms with Crippen LogP contribution in [0.4, 0.5) is 16.0 Å². The first-order valence-corrected chi connectivity index (χ1v) is 8.36. The number of rotatable bonds is 5. The molecule has 1 aliphatic rings. The molecule has 1 saturated heterocycles. The second kappa shape index (κ2) is 7.76. The van der Waals surface area contributed by atoms with Crippen LogP contribution in [-0.4, -0.2) is 35.1 Å². The smallest absolute Gasteiger partial charge is 0.274 e. The summed E-state index contributed by atoms with van der Waals surface area (Å²) in [6.45, 7) is 3.15. The van der Waals surface area contributed by atoms with E-state index < -0.39 is 11.7 Å². The summed E-state index contributed by atoms with van der Waals surface area (Å²) < 4.78 is 18.7. The largest absolute Gasteiger partial charge is 0.376 e. The van der Waals surface area contributed by atoms with Crippen molar-refractivity contribution < 1.29 is 13.9 Å². The van der Waals surface area contributed by atoms with Crippen LogP contribution in [-0.2, 0) is 4.74 Å². The molecule has 1 aromatic carbocycles. The zero-order valence-electron chi connectivity index (χ0n) is 13.7. The van der Waals surface area contributed by atoms with Crippen LogP contribution in [0.25, 0.3) is 0 Å². The number of carbonyl (C=O) groups excluding carboxylic acids is 1. The molecule has 1 unspecified atom stereocenters. The van der Waals surface area contributed by atoms with Gasteiger partial charge in [-0.3, -0.25) is 4.79 Å². The quantitative estimate of drug-likeness (QED) is 0.850. The lowest BCUT2D eigenvalue weighted by Gasteiger charge is -2.12. The average Bonchev–Trinajstić information content (AvgIpc) is 3.09. The van der Waals surface area contributed by atoms with Crippen LogP contribution in [0.2, 0.25) is 5.02 Å². The van der Waals surface area contributed by atoms with E-state index in [9.17, 15) is 9.18 Å². The molecule has 25 heavy (non-hydrogen) atoms. The number of aryl methyl sites for hydroxylation is 1. The van der Waals surface area contributed by atoms with Gasteiger partial charge >= 0.3 is 0 Å². The lowest BCUT2D eigenvalue weighted by molar-refractivity contribution is 0.102. The summed E-state index contributed by atoms with van der Waals surface area (Å²) >= 11 is 5.72. The number of amides is 1. The van der Waals surface area contributed by atoms with Gasteiger partial charge in [-0.2, -0.15) is 0 Å². The fourth-order valence-electron chi connectivity index (χ4n) is 2.54. The molecule has 0 aliphatic carbocycles. The molecule has 2 aromatic rings. The molecule has 2 heterocycles. The van der Waals surface area contributed by atoms with Gasteiger partial charge in [-0.1, -0.05) is 11.6 Å². The van der Waals surface area contributed by atoms with Crippen molar-refractivity contribution in [1.82, 2.24) is 9.97 Å². The summed E-state index contributed by atoms with van der Waals surface area (Å²) in [5.74, 6) is -0.593. The highest BCUT2D eigenvalue weighted by molar-refractivity contribution is 6.31. The second-order valence-electron chi connectivity index (χ2n) is 5.82. The van der Waals surface area contributed by atoms with Gasteiger partial charge in [-0.25, -0.2) is 14.4 Å². The molecule has 6 nitrogen and oxygen atoms in total. The molecule has 0 spiro atoms. The predicted molar refractivity (Wildman–Crippen MR) is 93.6 cm³/mol. The topological polar surface area (TPSA) is 76.1 Å². The molecule has 1 fully saturated rings. The summed E-state index contributed by atoms with van der Waals surface area (Å²) in [6.07, 6.45) is 2.19. The van der Waals surface area contributed by atoms with Crippen LogP contribution in [0, 0.1) is 12.7 Å². The number of carbonyl (C=O) groups is 1. The van der Waals surface area contributed by atoms with Gasteiger partial charge in [0.25, 0.3) is 5.91 Å². The van der Waals surface area contributed by atoms with E-state index in [0.29, 0.717) is 23.9 Å². The zero-order chi connectivity index (χ0) is 17.8. The average molecular weight is 365 g/mol. The number of benzene rings is 1. The molecule has 3 rings (SSSR count). The number of nitrogens with one attached hydrogen (secondary N) is 2. The molecule has 1 aromatic heterocycles. The fraction of sp³-hybridized carbons (Fsp3) is 0.353. The zero-order valence-corrected chi connectivity index (χ0v) is 14.4. The molecule has 2 N–H and O–H groups in total. The van der Waals surface area contributed by atoms with Gasteiger partial charge in [-0.15, -0.1) is 0 Å². The van der Waals surface area contributed by atoms with E-state index in [-0.39, 0.29) is 16.8 Å². The normalized spacial score (nSPS) is 16.7. The van der Waals surface area contributed by atoms with Crippen LogP contribution < -0.4 is 10.6 Å². The molecule has 132 valence electrons. The van der Waals surface area contributed by atoms with Gasteiger partial charge in [0.1, 0.15) is 11.5 Å². The first-order chi connectivity index (χ1) is 12.0. The SMILES string of the molecule is Cc1cc(C(=O)Nc2ccc(F)c(Cl)c2)nc(NCC2CCCO2)n1. The van der Waals surface area contributed by atoms with E-state index in [1.807, 2.05) is 0 Å². The third-order valence-corrected chi connectivity index (χ3v) is 4.07. The fourth-order valence-corrected chi connectivity index (χ4v) is 2.72. The minimum Gasteiger partial charge on any atom is -0.376 e. The minimum absolute atomic E-state index is 0.0596. The van der Waals surface area contributed by atoms with Crippen molar-refractivity contribution in [2.45, 2.75) is 25.9 Å². The Morgan fingerprint density at radius 3 is 2.96 bits per heavy atom. The Bertz CT molecular complexity index is 781. The maximum Gasteiger partial charge on any atom is 0.274 e. The van der Waals surface area contributed by atoms with Crippen molar-refractivity contribution in [2.24, 2.45) is 0 Å². The standard InChI is InChI=1S/C17H18ClFN4O2/c1-10-7-15(16(24)22-11-4-5-14(19)13(18)8-11)23-17(21-10)20-9-12-3-2-6-25-12/h4-5,7-8,12H,2-3,6,9H2,1H3,(H,22,24)(H,20,21,23). The minimum atomic E-state index is -0.543. The number of halogens is 2. The van der Waals surface area contributed by atoms with Crippen molar-refractivity contribution >= 4 is 29.1 Å². The molecule has 1 aliphatic heterocycles. The Hall–Kier alpha value is -2.25. The first-order valence-electron chi connectivity index (χ1n) is 7.99. The summed E-state index contributed by atoms with van der Waals surface area (Å²) in [6, 6.07) is 5.55. The highest BCUT2D eigenvalue weighted by Gasteiger charge is 2.16. The van der Waals surface area contributed by atoms with Gasteiger partial charge in [0.05, 0.1) is 11.1 Å². The maximum atomic E-state index is 13.2. The highest BCUT2D eigenvalue weighted by atomic mass is 35.5. The van der Waals surface area contributed by atoms with Gasteiger partial charge in [0.15, 0.2) is 0 Å². The Kier molecular flexibility index (Phi) is 5.45. The highest BCUT2D eigenvalue weighted by Crippen LogP contribution is 2.20. The summed E-state index contributed by atoms with van der Waals surface area (Å²) in [7, 11) is 0. The molecule has 0 saturated carbocycles. The van der Waals surface area contributed by atoms with Crippen molar-refractivity contribution in [3.05, 3.63) is 46.5 Å². The molecule has 0 bridgehead atoms. The van der Waals surface area contributed by atoms with E-state index in [1.165, 1.54) is 18.2 Å². The van der Waals surface area contributed by atoms with Crippen LogP contribution in [0.15, 0.2) is 24.3 Å². The van der Waals surface area contributed by atoms with E-state index >= 15 is 0 Å². The van der Waals surface area contributed by atoms with Crippen molar-refractivity contribution in [3.63, 3.8) is 0 Å². The molecule has 0 radical (unpaired) electrons. The predicted octanol–water partition coefficient (Wildman–Crippen LogP) is 3.42. The molecule has 1 amide bonds. The van der Waals surface area contributed by atoms with E-state index in [4.69, 9.17) is 16.3 Å². The van der Waals surface area contributed by atoms with Gasteiger partial charge in [0.2, 0.25) is 5.95 Å². The number of aromatic nitrogens is 2. The summed E-state index contributed by atoms with van der Waals surface area (Å²) in [4.78, 5) is 20.9. The molecular weight excluding hydrogens is 347 g/mol. The molecular formula is C17H18ClFN4O2. The van der Waals surface area contributed by atoms with Crippen LogP contribution in [0.1, 0.15) is 29.0 Å². The number of ether oxygens (including phenoxy) is 1. The van der Waals surface area contributed by atoms with E-state index in [0.717, 1.165) is 19.4 Å². The number of nitrogens with zero attached hydrogens (tertiary/aromatic N) is 2. The van der Waals surface area contributed by atoms with E-state index in [2.05, 4.69) is 20.6 Å². The Morgan fingerprint density at radius 2 is 2.24 bits per heavy atom. The Balaban J connectivity index is 1.69. The van der Waals surface area contributed by atoms with Crippen molar-refractivity contribution in [2.75, 3.05) is 23.8 Å². The lowest BCUT2D eigenvalue weighted by atomic mass is 10.2. The summed E-state index contributed by atoms with van der Waals surface area (Å²) in [5.41, 5.74) is 1.26. The Morgan fingerprint density at radius 1 is 1.40 bits per heavy atom. The van der Waals surface area contributed by atoms with Gasteiger partial charge in [0, 0.05) is 24.5 Å². The van der Waals surface area contributed by atoms with E-state index in [1.54, 1.807) is 13.0 Å². The Labute approximate surface area is 149 Å². The molecule has 1 atom stereocenters. The monoisotopic (exact) mass is 364 g/mol. The second-order valence-corrected chi connectivity index (χ2v) is 6.22. The van der Waals surface area contributed by atoms with Crippen LogP contribution >= 0.6 is 11.6 Å². The van der Waals surface area contributed by atoms with Gasteiger partial charge in [-0.05, 0) is 44.0 Å². The van der Waals surface area contributed by atoms with Crippen LogP contribution in [0.5, 0.6) is 0 Å². The molecule has 8 heteroatoms. The first kappa shape index (κ1) is 17.6. The van der Waals surface area contributed by atoms with Crippen LogP contribution in [0.3, 0.4) is 0 Å². The summed E-state index contributed by atoms with van der Waals surface area (Å²) in [5, 5.41) is 5.69. The third-order valence-electron chi connectivity index (χ3n) is 3.78. The maximum absolute atomic E-state index is 13.2. The van der Waals surface area contributed by atoms with Crippen molar-refractivity contribution in [3.8, 4) is 0 Å².